The summed E-state index contributed by atoms with van der Waals surface area (Å²) in [5.41, 5.74) is 6.98. The summed E-state index contributed by atoms with van der Waals surface area (Å²) in [5.74, 6) is -0.339. The number of benzene rings is 1. The Balaban J connectivity index is 0.00000144. The number of nitrogens with two attached hydrogens (primary N) is 1. The van der Waals surface area contributed by atoms with Gasteiger partial charge in [0.05, 0.1) is 30.9 Å². The molecule has 1 aromatic heterocycles. The van der Waals surface area contributed by atoms with Gasteiger partial charge in [-0.05, 0) is 18.2 Å². The van der Waals surface area contributed by atoms with E-state index in [1.807, 2.05) is 10.7 Å². The third-order valence-electron chi connectivity index (χ3n) is 2.40. The highest BCUT2D eigenvalue weighted by molar-refractivity contribution is 5.94. The molecule has 0 saturated heterocycles. The maximum absolute atomic E-state index is 11.3. The number of halogens is 1. The van der Waals surface area contributed by atoms with Gasteiger partial charge in [0, 0.05) is 11.9 Å². The average molecular weight is 256 g/mol. The van der Waals surface area contributed by atoms with Crippen LogP contribution in [-0.2, 0) is 11.3 Å². The third-order valence-corrected chi connectivity index (χ3v) is 2.40. The number of carbonyl (C=O) groups is 1. The Labute approximate surface area is 105 Å². The molecule has 0 aliphatic rings. The van der Waals surface area contributed by atoms with Gasteiger partial charge in [-0.1, -0.05) is 0 Å². The van der Waals surface area contributed by atoms with Crippen LogP contribution < -0.4 is 5.73 Å². The molecule has 0 spiro atoms. The van der Waals surface area contributed by atoms with Crippen molar-refractivity contribution in [2.24, 2.45) is 5.73 Å². The molecule has 0 unspecified atom stereocenters. The first kappa shape index (κ1) is 13.5. The quantitative estimate of drug-likeness (QED) is 0.837. The van der Waals surface area contributed by atoms with Crippen LogP contribution in [0.3, 0.4) is 0 Å². The van der Waals surface area contributed by atoms with Crippen molar-refractivity contribution >= 4 is 29.3 Å². The van der Waals surface area contributed by atoms with E-state index in [9.17, 15) is 4.79 Å². The zero-order chi connectivity index (χ0) is 11.5. The predicted molar refractivity (Wildman–Crippen MR) is 67.4 cm³/mol. The van der Waals surface area contributed by atoms with Crippen LogP contribution >= 0.6 is 12.4 Å². The molecule has 0 fully saturated rings. The number of aromatic nitrogens is 2. The summed E-state index contributed by atoms with van der Waals surface area (Å²) in [6.07, 6.45) is 1.72. The van der Waals surface area contributed by atoms with Crippen molar-refractivity contribution < 1.29 is 9.53 Å². The van der Waals surface area contributed by atoms with Crippen molar-refractivity contribution in [2.45, 2.75) is 6.54 Å². The van der Waals surface area contributed by atoms with Gasteiger partial charge in [-0.25, -0.2) is 4.79 Å². The second kappa shape index (κ2) is 5.65. The minimum absolute atomic E-state index is 0. The van der Waals surface area contributed by atoms with Gasteiger partial charge in [0.15, 0.2) is 0 Å². The number of rotatable bonds is 3. The van der Waals surface area contributed by atoms with Gasteiger partial charge in [0.2, 0.25) is 0 Å². The van der Waals surface area contributed by atoms with E-state index in [0.29, 0.717) is 18.7 Å². The third kappa shape index (κ3) is 2.57. The molecule has 0 radical (unpaired) electrons. The van der Waals surface area contributed by atoms with Crippen LogP contribution in [0.5, 0.6) is 0 Å². The highest BCUT2D eigenvalue weighted by Gasteiger charge is 2.08. The Bertz CT molecular complexity index is 524. The molecule has 1 aromatic carbocycles. The van der Waals surface area contributed by atoms with E-state index in [1.54, 1.807) is 18.3 Å². The van der Waals surface area contributed by atoms with Gasteiger partial charge in [0.25, 0.3) is 0 Å². The van der Waals surface area contributed by atoms with Crippen molar-refractivity contribution in [3.05, 3.63) is 30.0 Å². The Kier molecular flexibility index (Phi) is 4.48. The van der Waals surface area contributed by atoms with Crippen LogP contribution in [-0.4, -0.2) is 29.4 Å². The molecular weight excluding hydrogens is 242 g/mol. The molecule has 0 saturated carbocycles. The average Bonchev–Trinajstić information content (AvgIpc) is 2.71. The fourth-order valence-electron chi connectivity index (χ4n) is 1.63. The first-order valence-electron chi connectivity index (χ1n) is 5.00. The fraction of sp³-hybridized carbons (Fsp3) is 0.273. The zero-order valence-corrected chi connectivity index (χ0v) is 10.2. The van der Waals surface area contributed by atoms with Crippen molar-refractivity contribution in [3.8, 4) is 0 Å². The van der Waals surface area contributed by atoms with Gasteiger partial charge in [-0.15, -0.1) is 12.4 Å². The minimum Gasteiger partial charge on any atom is -0.465 e. The zero-order valence-electron chi connectivity index (χ0n) is 9.42. The summed E-state index contributed by atoms with van der Waals surface area (Å²) in [5, 5.41) is 5.11. The number of hydrogen-bond acceptors (Lipinski definition) is 4. The van der Waals surface area contributed by atoms with Crippen molar-refractivity contribution in [3.63, 3.8) is 0 Å². The lowest BCUT2D eigenvalue weighted by molar-refractivity contribution is 0.0601. The van der Waals surface area contributed by atoms with Crippen LogP contribution in [0.25, 0.3) is 10.9 Å². The predicted octanol–water partition coefficient (Wildman–Crippen LogP) is 1.20. The highest BCUT2D eigenvalue weighted by Crippen LogP contribution is 2.16. The molecule has 0 aliphatic carbocycles. The first-order valence-corrected chi connectivity index (χ1v) is 5.00. The maximum atomic E-state index is 11.3. The van der Waals surface area contributed by atoms with Gasteiger partial charge in [-0.2, -0.15) is 5.10 Å². The topological polar surface area (TPSA) is 70.1 Å². The molecule has 0 aliphatic heterocycles. The molecule has 5 nitrogen and oxygen atoms in total. The van der Waals surface area contributed by atoms with Gasteiger partial charge >= 0.3 is 5.97 Å². The Hall–Kier alpha value is -1.59. The molecule has 17 heavy (non-hydrogen) atoms. The Morgan fingerprint density at radius 1 is 1.53 bits per heavy atom. The van der Waals surface area contributed by atoms with Gasteiger partial charge in [0.1, 0.15) is 0 Å². The van der Waals surface area contributed by atoms with Gasteiger partial charge in [-0.3, -0.25) is 4.68 Å². The smallest absolute Gasteiger partial charge is 0.337 e. The minimum atomic E-state index is -0.339. The molecule has 2 aromatic rings. The second-order valence-electron chi connectivity index (χ2n) is 3.42. The molecular formula is C11H14ClN3O2. The van der Waals surface area contributed by atoms with Crippen LogP contribution in [0.2, 0.25) is 0 Å². The van der Waals surface area contributed by atoms with Crippen LogP contribution in [0.4, 0.5) is 0 Å². The van der Waals surface area contributed by atoms with Crippen molar-refractivity contribution in [2.75, 3.05) is 13.7 Å². The number of fused-ring (bicyclic) bond motifs is 1. The highest BCUT2D eigenvalue weighted by atomic mass is 35.5. The number of carbonyl (C=O) groups excluding carboxylic acids is 1. The lowest BCUT2D eigenvalue weighted by atomic mass is 10.1. The SMILES string of the molecule is COC(=O)c1ccc2c(cnn2CCN)c1.Cl. The summed E-state index contributed by atoms with van der Waals surface area (Å²) >= 11 is 0. The number of methoxy groups -OCH3 is 1. The van der Waals surface area contributed by atoms with Crippen LogP contribution in [0, 0.1) is 0 Å². The molecule has 2 N–H and O–H groups in total. The lowest BCUT2D eigenvalue weighted by Crippen LogP contribution is -2.10. The monoisotopic (exact) mass is 255 g/mol. The van der Waals surface area contributed by atoms with E-state index < -0.39 is 0 Å². The van der Waals surface area contributed by atoms with E-state index in [-0.39, 0.29) is 18.4 Å². The number of hydrogen-bond donors (Lipinski definition) is 1. The summed E-state index contributed by atoms with van der Waals surface area (Å²) in [6.45, 7) is 1.20. The number of nitrogens with zero attached hydrogens (tertiary/aromatic N) is 2. The number of esters is 1. The van der Waals surface area contributed by atoms with E-state index in [4.69, 9.17) is 5.73 Å². The van der Waals surface area contributed by atoms with E-state index in [2.05, 4.69) is 9.84 Å². The van der Waals surface area contributed by atoms with E-state index >= 15 is 0 Å². The summed E-state index contributed by atoms with van der Waals surface area (Å²) in [4.78, 5) is 11.3. The standard InChI is InChI=1S/C11H13N3O2.ClH/c1-16-11(15)8-2-3-10-9(6-8)7-13-14(10)5-4-12;/h2-3,6-7H,4-5,12H2,1H3;1H. The lowest BCUT2D eigenvalue weighted by Gasteiger charge is -2.02. The second-order valence-corrected chi connectivity index (χ2v) is 3.42. The van der Waals surface area contributed by atoms with Crippen molar-refractivity contribution in [1.29, 1.82) is 0 Å². The van der Waals surface area contributed by atoms with Crippen LogP contribution in [0.1, 0.15) is 10.4 Å². The largest absolute Gasteiger partial charge is 0.465 e. The molecule has 0 atom stereocenters. The number of ether oxygens (including phenoxy) is 1. The maximum Gasteiger partial charge on any atom is 0.337 e. The van der Waals surface area contributed by atoms with Crippen molar-refractivity contribution in [1.82, 2.24) is 9.78 Å². The molecule has 1 heterocycles. The summed E-state index contributed by atoms with van der Waals surface area (Å²) < 4.78 is 6.47. The van der Waals surface area contributed by atoms with Gasteiger partial charge < -0.3 is 10.5 Å². The molecule has 0 bridgehead atoms. The summed E-state index contributed by atoms with van der Waals surface area (Å²) in [6, 6.07) is 5.34. The fourth-order valence-corrected chi connectivity index (χ4v) is 1.63. The first-order chi connectivity index (χ1) is 7.76. The van der Waals surface area contributed by atoms with Crippen LogP contribution in [0.15, 0.2) is 24.4 Å². The molecule has 92 valence electrons. The summed E-state index contributed by atoms with van der Waals surface area (Å²) in [7, 11) is 1.37. The Morgan fingerprint density at radius 3 is 2.94 bits per heavy atom. The molecule has 6 heteroatoms. The molecule has 0 amide bonds. The molecule has 2 rings (SSSR count). The van der Waals surface area contributed by atoms with E-state index in [1.165, 1.54) is 7.11 Å². The Morgan fingerprint density at radius 2 is 2.29 bits per heavy atom. The van der Waals surface area contributed by atoms with E-state index in [0.717, 1.165) is 10.9 Å². The normalized spacial score (nSPS) is 10.0.